The summed E-state index contributed by atoms with van der Waals surface area (Å²) in [6, 6.07) is 0. The second kappa shape index (κ2) is 8.47. The van der Waals surface area contributed by atoms with Crippen molar-refractivity contribution in [2.75, 3.05) is 13.2 Å². The Bertz CT molecular complexity index is 426. The first-order valence-corrected chi connectivity index (χ1v) is 9.80. The maximum absolute atomic E-state index is 13.1. The Labute approximate surface area is 138 Å². The van der Waals surface area contributed by atoms with Gasteiger partial charge < -0.3 is 24.2 Å². The van der Waals surface area contributed by atoms with E-state index in [4.69, 9.17) is 13.8 Å². The summed E-state index contributed by atoms with van der Waals surface area (Å²) < 4.78 is 29.1. The molecule has 8 heteroatoms. The fourth-order valence-electron chi connectivity index (χ4n) is 2.74. The first-order valence-electron chi connectivity index (χ1n) is 8.19. The van der Waals surface area contributed by atoms with E-state index in [2.05, 4.69) is 5.32 Å². The number of alkyl carbamates (subject to hydrolysis) is 1. The standard InChI is InChI=1S/C15H30NO6P/c1-6-20-23(19,21-7-2)13(11-9-8-10-12(11)17)16-14(18)22-15(3,4)5/h11-13,17H,6-10H2,1-5H3,(H,16,18)/t11-,12+,13+/m1/s1. The maximum atomic E-state index is 13.1. The summed E-state index contributed by atoms with van der Waals surface area (Å²) >= 11 is 0. The quantitative estimate of drug-likeness (QED) is 0.684. The molecule has 0 aromatic carbocycles. The number of amides is 1. The molecule has 0 saturated heterocycles. The average Bonchev–Trinajstić information content (AvgIpc) is 2.80. The third kappa shape index (κ3) is 6.07. The molecule has 1 saturated carbocycles. The molecule has 1 fully saturated rings. The van der Waals surface area contributed by atoms with Crippen molar-refractivity contribution in [2.45, 2.75) is 71.4 Å². The van der Waals surface area contributed by atoms with Crippen LogP contribution in [0.1, 0.15) is 53.9 Å². The van der Waals surface area contributed by atoms with Gasteiger partial charge in [0.25, 0.3) is 0 Å². The molecule has 0 heterocycles. The first kappa shape index (κ1) is 20.4. The number of aliphatic hydroxyl groups excluding tert-OH is 1. The molecule has 0 spiro atoms. The number of carbonyl (C=O) groups is 1. The van der Waals surface area contributed by atoms with Gasteiger partial charge in [-0.15, -0.1) is 0 Å². The summed E-state index contributed by atoms with van der Waals surface area (Å²) in [5.41, 5.74) is -0.676. The van der Waals surface area contributed by atoms with Crippen molar-refractivity contribution < 1.29 is 28.3 Å². The molecule has 1 amide bonds. The molecule has 3 atom stereocenters. The van der Waals surface area contributed by atoms with E-state index in [1.807, 2.05) is 0 Å². The first-order chi connectivity index (χ1) is 10.6. The molecular formula is C15H30NO6P. The van der Waals surface area contributed by atoms with Crippen LogP contribution in [-0.4, -0.2) is 41.9 Å². The number of aliphatic hydroxyl groups is 1. The van der Waals surface area contributed by atoms with Crippen LogP contribution in [0.25, 0.3) is 0 Å². The second-order valence-corrected chi connectivity index (χ2v) is 8.78. The van der Waals surface area contributed by atoms with E-state index in [0.717, 1.165) is 6.42 Å². The third-order valence-electron chi connectivity index (χ3n) is 3.56. The maximum Gasteiger partial charge on any atom is 0.408 e. The lowest BCUT2D eigenvalue weighted by Crippen LogP contribution is -2.45. The largest absolute Gasteiger partial charge is 0.444 e. The van der Waals surface area contributed by atoms with Crippen molar-refractivity contribution in [1.82, 2.24) is 5.32 Å². The van der Waals surface area contributed by atoms with Crippen LogP contribution in [0.15, 0.2) is 0 Å². The minimum atomic E-state index is -3.61. The monoisotopic (exact) mass is 351 g/mol. The summed E-state index contributed by atoms with van der Waals surface area (Å²) in [6.07, 6.45) is 0.711. The van der Waals surface area contributed by atoms with Crippen LogP contribution in [0.4, 0.5) is 4.79 Å². The topological polar surface area (TPSA) is 94.1 Å². The summed E-state index contributed by atoms with van der Waals surface area (Å²) in [5.74, 6) is -1.30. The molecule has 0 aromatic heterocycles. The molecule has 7 nitrogen and oxygen atoms in total. The predicted octanol–water partition coefficient (Wildman–Crippen LogP) is 3.26. The van der Waals surface area contributed by atoms with Gasteiger partial charge in [-0.25, -0.2) is 4.79 Å². The van der Waals surface area contributed by atoms with Gasteiger partial charge in [0.1, 0.15) is 11.4 Å². The average molecular weight is 351 g/mol. The zero-order valence-electron chi connectivity index (χ0n) is 14.7. The van der Waals surface area contributed by atoms with Crippen molar-refractivity contribution in [3.8, 4) is 0 Å². The Hall–Kier alpha value is -0.620. The highest BCUT2D eigenvalue weighted by molar-refractivity contribution is 7.54. The van der Waals surface area contributed by atoms with E-state index in [1.165, 1.54) is 0 Å². The van der Waals surface area contributed by atoms with Crippen LogP contribution in [0.5, 0.6) is 0 Å². The summed E-state index contributed by atoms with van der Waals surface area (Å²) in [6.45, 7) is 9.03. The summed E-state index contributed by atoms with van der Waals surface area (Å²) in [5, 5.41) is 12.8. The smallest absolute Gasteiger partial charge is 0.408 e. The molecule has 0 aliphatic heterocycles. The van der Waals surface area contributed by atoms with Crippen molar-refractivity contribution in [3.05, 3.63) is 0 Å². The zero-order chi connectivity index (χ0) is 17.7. The molecular weight excluding hydrogens is 321 g/mol. The van der Waals surface area contributed by atoms with Gasteiger partial charge in [-0.05, 0) is 47.5 Å². The van der Waals surface area contributed by atoms with Crippen LogP contribution < -0.4 is 5.32 Å². The van der Waals surface area contributed by atoms with Crippen molar-refractivity contribution in [2.24, 2.45) is 5.92 Å². The van der Waals surface area contributed by atoms with E-state index in [9.17, 15) is 14.5 Å². The number of rotatable bonds is 7. The number of ether oxygens (including phenoxy) is 1. The highest BCUT2D eigenvalue weighted by Crippen LogP contribution is 2.56. The zero-order valence-corrected chi connectivity index (χ0v) is 15.6. The Morgan fingerprint density at radius 2 is 1.83 bits per heavy atom. The van der Waals surface area contributed by atoms with Crippen molar-refractivity contribution in [3.63, 3.8) is 0 Å². The summed E-state index contributed by atoms with van der Waals surface area (Å²) in [4.78, 5) is 12.1. The molecule has 1 rings (SSSR count). The minimum absolute atomic E-state index is 0.187. The van der Waals surface area contributed by atoms with Crippen LogP contribution in [0.2, 0.25) is 0 Å². The molecule has 0 bridgehead atoms. The van der Waals surface area contributed by atoms with Gasteiger partial charge in [-0.3, -0.25) is 4.57 Å². The van der Waals surface area contributed by atoms with Crippen LogP contribution in [-0.2, 0) is 18.3 Å². The number of hydrogen-bond acceptors (Lipinski definition) is 6. The fraction of sp³-hybridized carbons (Fsp3) is 0.933. The van der Waals surface area contributed by atoms with E-state index < -0.39 is 31.2 Å². The van der Waals surface area contributed by atoms with Gasteiger partial charge in [0.05, 0.1) is 19.3 Å². The second-order valence-electron chi connectivity index (χ2n) is 6.63. The molecule has 1 aliphatic rings. The Balaban J connectivity index is 3.01. The van der Waals surface area contributed by atoms with Gasteiger partial charge >= 0.3 is 13.7 Å². The van der Waals surface area contributed by atoms with Crippen LogP contribution >= 0.6 is 7.60 Å². The molecule has 1 aliphatic carbocycles. The molecule has 2 N–H and O–H groups in total. The van der Waals surface area contributed by atoms with Crippen molar-refractivity contribution in [1.29, 1.82) is 0 Å². The van der Waals surface area contributed by atoms with Crippen LogP contribution in [0.3, 0.4) is 0 Å². The molecule has 0 radical (unpaired) electrons. The number of hydrogen-bond donors (Lipinski definition) is 2. The lowest BCUT2D eigenvalue weighted by molar-refractivity contribution is 0.0456. The number of nitrogens with one attached hydrogen (secondary N) is 1. The Kier molecular flexibility index (Phi) is 7.52. The third-order valence-corrected chi connectivity index (χ3v) is 5.99. The Morgan fingerprint density at radius 3 is 2.22 bits per heavy atom. The van der Waals surface area contributed by atoms with Crippen LogP contribution in [0, 0.1) is 5.92 Å². The SMILES string of the molecule is CCOP(=O)(OCC)[C@H](NC(=O)OC(C)(C)C)[C@@H]1CCC[C@@H]1O. The molecule has 23 heavy (non-hydrogen) atoms. The van der Waals surface area contributed by atoms with E-state index >= 15 is 0 Å². The summed E-state index contributed by atoms with van der Waals surface area (Å²) in [7, 11) is -3.61. The minimum Gasteiger partial charge on any atom is -0.444 e. The van der Waals surface area contributed by atoms with Gasteiger partial charge in [0, 0.05) is 5.92 Å². The lowest BCUT2D eigenvalue weighted by Gasteiger charge is -2.33. The fourth-order valence-corrected chi connectivity index (χ4v) is 4.94. The van der Waals surface area contributed by atoms with Gasteiger partial charge in [-0.2, -0.15) is 0 Å². The van der Waals surface area contributed by atoms with Crippen molar-refractivity contribution >= 4 is 13.7 Å². The van der Waals surface area contributed by atoms with Gasteiger partial charge in [-0.1, -0.05) is 6.42 Å². The Morgan fingerprint density at radius 1 is 1.26 bits per heavy atom. The number of carbonyl (C=O) groups excluding carboxylic acids is 1. The highest BCUT2D eigenvalue weighted by Gasteiger charge is 2.47. The van der Waals surface area contributed by atoms with E-state index in [1.54, 1.807) is 34.6 Å². The molecule has 0 unspecified atom stereocenters. The van der Waals surface area contributed by atoms with E-state index in [0.29, 0.717) is 12.8 Å². The molecule has 136 valence electrons. The highest BCUT2D eigenvalue weighted by atomic mass is 31.2. The van der Waals surface area contributed by atoms with Gasteiger partial charge in [0.2, 0.25) is 0 Å². The lowest BCUT2D eigenvalue weighted by atomic mass is 10.1. The van der Waals surface area contributed by atoms with Gasteiger partial charge in [0.15, 0.2) is 0 Å². The van der Waals surface area contributed by atoms with E-state index in [-0.39, 0.29) is 19.1 Å². The predicted molar refractivity (Wildman–Crippen MR) is 87.4 cm³/mol. The molecule has 0 aromatic rings. The normalized spacial score (nSPS) is 23.6.